The number of likely N-dealkylation sites (tertiary alicyclic amines) is 1. The second-order valence-corrected chi connectivity index (χ2v) is 4.56. The Morgan fingerprint density at radius 1 is 1.20 bits per heavy atom. The van der Waals surface area contributed by atoms with Gasteiger partial charge in [-0.2, -0.15) is 0 Å². The summed E-state index contributed by atoms with van der Waals surface area (Å²) in [5.74, 6) is 0. The molecular weight excluding hydrogens is 208 g/mol. The Labute approximate surface area is 96.3 Å². The van der Waals surface area contributed by atoms with Crippen LogP contribution in [-0.2, 0) is 6.54 Å². The van der Waals surface area contributed by atoms with Crippen LogP contribution >= 0.6 is 11.6 Å². The SMILES string of the molecule is Clc1cc(CN2CCCCCC2)ccn1. The van der Waals surface area contributed by atoms with Gasteiger partial charge in [0, 0.05) is 12.7 Å². The van der Waals surface area contributed by atoms with Crippen molar-refractivity contribution in [2.24, 2.45) is 0 Å². The van der Waals surface area contributed by atoms with Crippen LogP contribution in [0.15, 0.2) is 18.3 Å². The standard InChI is InChI=1S/C12H17ClN2/c13-12-9-11(5-6-14-12)10-15-7-3-1-2-4-8-15/h5-6,9H,1-4,7-8,10H2. The van der Waals surface area contributed by atoms with E-state index in [1.807, 2.05) is 6.07 Å². The van der Waals surface area contributed by atoms with Crippen LogP contribution in [0.3, 0.4) is 0 Å². The molecule has 0 spiro atoms. The van der Waals surface area contributed by atoms with Gasteiger partial charge in [-0.3, -0.25) is 4.90 Å². The Morgan fingerprint density at radius 3 is 2.60 bits per heavy atom. The highest BCUT2D eigenvalue weighted by molar-refractivity contribution is 6.29. The minimum atomic E-state index is 0.599. The van der Waals surface area contributed by atoms with E-state index < -0.39 is 0 Å². The fraction of sp³-hybridized carbons (Fsp3) is 0.583. The lowest BCUT2D eigenvalue weighted by Gasteiger charge is -2.19. The van der Waals surface area contributed by atoms with Crippen molar-refractivity contribution < 1.29 is 0 Å². The van der Waals surface area contributed by atoms with Gasteiger partial charge in [-0.1, -0.05) is 24.4 Å². The third-order valence-corrected chi connectivity index (χ3v) is 3.10. The third kappa shape index (κ3) is 3.47. The summed E-state index contributed by atoms with van der Waals surface area (Å²) >= 11 is 5.87. The molecule has 0 radical (unpaired) electrons. The molecule has 0 aliphatic carbocycles. The van der Waals surface area contributed by atoms with E-state index in [4.69, 9.17) is 11.6 Å². The second-order valence-electron chi connectivity index (χ2n) is 4.18. The first-order chi connectivity index (χ1) is 7.34. The quantitative estimate of drug-likeness (QED) is 0.718. The summed E-state index contributed by atoms with van der Waals surface area (Å²) < 4.78 is 0. The van der Waals surface area contributed by atoms with E-state index in [9.17, 15) is 0 Å². The van der Waals surface area contributed by atoms with E-state index in [1.165, 1.54) is 44.3 Å². The zero-order valence-electron chi connectivity index (χ0n) is 8.95. The monoisotopic (exact) mass is 224 g/mol. The van der Waals surface area contributed by atoms with E-state index in [2.05, 4.69) is 16.0 Å². The fourth-order valence-corrected chi connectivity index (χ4v) is 2.29. The zero-order chi connectivity index (χ0) is 10.5. The van der Waals surface area contributed by atoms with Crippen molar-refractivity contribution in [2.45, 2.75) is 32.2 Å². The molecule has 82 valence electrons. The molecule has 0 unspecified atom stereocenters. The Hall–Kier alpha value is -0.600. The van der Waals surface area contributed by atoms with Crippen molar-refractivity contribution in [3.63, 3.8) is 0 Å². The van der Waals surface area contributed by atoms with E-state index in [0.29, 0.717) is 5.15 Å². The van der Waals surface area contributed by atoms with Crippen LogP contribution in [0.1, 0.15) is 31.2 Å². The Balaban J connectivity index is 1.95. The van der Waals surface area contributed by atoms with Gasteiger partial charge < -0.3 is 0 Å². The van der Waals surface area contributed by atoms with Gasteiger partial charge in [0.15, 0.2) is 0 Å². The Bertz CT molecular complexity index is 306. The molecule has 0 saturated carbocycles. The average Bonchev–Trinajstić information content (AvgIpc) is 2.46. The Kier molecular flexibility index (Phi) is 3.98. The van der Waals surface area contributed by atoms with Crippen LogP contribution < -0.4 is 0 Å². The molecule has 1 saturated heterocycles. The van der Waals surface area contributed by atoms with Crippen LogP contribution in [0, 0.1) is 0 Å². The van der Waals surface area contributed by atoms with Crippen LogP contribution in [0.25, 0.3) is 0 Å². The zero-order valence-corrected chi connectivity index (χ0v) is 9.71. The number of aromatic nitrogens is 1. The molecule has 0 amide bonds. The summed E-state index contributed by atoms with van der Waals surface area (Å²) in [6.07, 6.45) is 7.22. The van der Waals surface area contributed by atoms with Crippen LogP contribution in [0.4, 0.5) is 0 Å². The summed E-state index contributed by atoms with van der Waals surface area (Å²) in [5, 5.41) is 0.599. The summed E-state index contributed by atoms with van der Waals surface area (Å²) in [6, 6.07) is 4.02. The van der Waals surface area contributed by atoms with Gasteiger partial charge in [-0.25, -0.2) is 4.98 Å². The molecule has 2 nitrogen and oxygen atoms in total. The van der Waals surface area contributed by atoms with Crippen molar-refractivity contribution in [1.82, 2.24) is 9.88 Å². The van der Waals surface area contributed by atoms with Crippen LogP contribution in [0.5, 0.6) is 0 Å². The van der Waals surface area contributed by atoms with Gasteiger partial charge in [0.25, 0.3) is 0 Å². The van der Waals surface area contributed by atoms with E-state index in [-0.39, 0.29) is 0 Å². The summed E-state index contributed by atoms with van der Waals surface area (Å²) in [6.45, 7) is 3.46. The molecule has 0 bridgehead atoms. The fourth-order valence-electron chi connectivity index (χ4n) is 2.09. The molecule has 1 aliphatic rings. The highest BCUT2D eigenvalue weighted by atomic mass is 35.5. The van der Waals surface area contributed by atoms with Gasteiger partial charge in [0.05, 0.1) is 0 Å². The minimum Gasteiger partial charge on any atom is -0.299 e. The maximum Gasteiger partial charge on any atom is 0.129 e. The first-order valence-electron chi connectivity index (χ1n) is 5.67. The van der Waals surface area contributed by atoms with Gasteiger partial charge in [-0.15, -0.1) is 0 Å². The van der Waals surface area contributed by atoms with Gasteiger partial charge in [0.1, 0.15) is 5.15 Å². The molecule has 0 atom stereocenters. The molecule has 0 N–H and O–H groups in total. The molecule has 1 fully saturated rings. The number of hydrogen-bond acceptors (Lipinski definition) is 2. The summed E-state index contributed by atoms with van der Waals surface area (Å²) in [5.41, 5.74) is 1.27. The number of nitrogens with zero attached hydrogens (tertiary/aromatic N) is 2. The number of pyridine rings is 1. The topological polar surface area (TPSA) is 16.1 Å². The number of halogens is 1. The van der Waals surface area contributed by atoms with Gasteiger partial charge in [-0.05, 0) is 43.6 Å². The van der Waals surface area contributed by atoms with Crippen molar-refractivity contribution in [3.8, 4) is 0 Å². The molecule has 1 aromatic heterocycles. The Morgan fingerprint density at radius 2 is 1.93 bits per heavy atom. The summed E-state index contributed by atoms with van der Waals surface area (Å²) in [4.78, 5) is 6.51. The van der Waals surface area contributed by atoms with Crippen molar-refractivity contribution in [3.05, 3.63) is 29.0 Å². The van der Waals surface area contributed by atoms with Crippen molar-refractivity contribution in [1.29, 1.82) is 0 Å². The van der Waals surface area contributed by atoms with E-state index in [1.54, 1.807) is 6.20 Å². The lowest BCUT2D eigenvalue weighted by molar-refractivity contribution is 0.277. The average molecular weight is 225 g/mol. The molecule has 2 heterocycles. The third-order valence-electron chi connectivity index (χ3n) is 2.90. The van der Waals surface area contributed by atoms with Crippen molar-refractivity contribution >= 4 is 11.6 Å². The normalized spacial score (nSPS) is 18.7. The molecule has 2 rings (SSSR count). The van der Waals surface area contributed by atoms with Crippen LogP contribution in [-0.4, -0.2) is 23.0 Å². The minimum absolute atomic E-state index is 0.599. The number of rotatable bonds is 2. The summed E-state index contributed by atoms with van der Waals surface area (Å²) in [7, 11) is 0. The maximum atomic E-state index is 5.87. The van der Waals surface area contributed by atoms with Gasteiger partial charge >= 0.3 is 0 Å². The molecule has 3 heteroatoms. The molecule has 1 aliphatic heterocycles. The predicted molar refractivity (Wildman–Crippen MR) is 63.0 cm³/mol. The molecule has 1 aromatic rings. The largest absolute Gasteiger partial charge is 0.299 e. The first kappa shape index (κ1) is 10.9. The van der Waals surface area contributed by atoms with Gasteiger partial charge in [0.2, 0.25) is 0 Å². The molecule has 0 aromatic carbocycles. The first-order valence-corrected chi connectivity index (χ1v) is 6.05. The number of hydrogen-bond donors (Lipinski definition) is 0. The lowest BCUT2D eigenvalue weighted by Crippen LogP contribution is -2.23. The predicted octanol–water partition coefficient (Wildman–Crippen LogP) is 3.11. The van der Waals surface area contributed by atoms with E-state index >= 15 is 0 Å². The molecular formula is C12H17ClN2. The highest BCUT2D eigenvalue weighted by Crippen LogP contribution is 2.14. The van der Waals surface area contributed by atoms with Crippen LogP contribution in [0.2, 0.25) is 5.15 Å². The smallest absolute Gasteiger partial charge is 0.129 e. The maximum absolute atomic E-state index is 5.87. The second kappa shape index (κ2) is 5.47. The van der Waals surface area contributed by atoms with Crippen molar-refractivity contribution in [2.75, 3.05) is 13.1 Å². The molecule has 15 heavy (non-hydrogen) atoms. The lowest BCUT2D eigenvalue weighted by atomic mass is 10.2. The van der Waals surface area contributed by atoms with E-state index in [0.717, 1.165) is 6.54 Å². The highest BCUT2D eigenvalue weighted by Gasteiger charge is 2.09.